The van der Waals surface area contributed by atoms with Crippen molar-refractivity contribution in [2.45, 2.75) is 40.2 Å². The van der Waals surface area contributed by atoms with Crippen LogP contribution in [0.15, 0.2) is 28.7 Å². The number of hydrogen-bond donors (Lipinski definition) is 1. The number of benzene rings is 1. The number of hydrogen-bond acceptors (Lipinski definition) is 6. The van der Waals surface area contributed by atoms with Crippen LogP contribution in [-0.4, -0.2) is 31.7 Å². The summed E-state index contributed by atoms with van der Waals surface area (Å²) in [7, 11) is 0. The Kier molecular flexibility index (Phi) is 6.46. The predicted octanol–water partition coefficient (Wildman–Crippen LogP) is 3.73. The summed E-state index contributed by atoms with van der Waals surface area (Å²) in [4.78, 5) is 24.6. The van der Waals surface area contributed by atoms with Gasteiger partial charge in [-0.2, -0.15) is 0 Å². The van der Waals surface area contributed by atoms with E-state index >= 15 is 0 Å². The molecule has 7 heteroatoms. The van der Waals surface area contributed by atoms with Crippen molar-refractivity contribution in [3.63, 3.8) is 0 Å². The number of rotatable bonds is 6. The zero-order valence-corrected chi connectivity index (χ0v) is 17.2. The van der Waals surface area contributed by atoms with Crippen molar-refractivity contribution in [1.29, 1.82) is 0 Å². The second-order valence-electron chi connectivity index (χ2n) is 7.45. The third kappa shape index (κ3) is 5.10. The van der Waals surface area contributed by atoms with Crippen LogP contribution < -0.4 is 14.8 Å². The maximum Gasteiger partial charge on any atom is 0.342 e. The molecule has 1 aliphatic rings. The van der Waals surface area contributed by atoms with E-state index in [0.717, 1.165) is 12.0 Å². The largest absolute Gasteiger partial charge is 0.490 e. The van der Waals surface area contributed by atoms with Gasteiger partial charge in [0, 0.05) is 6.42 Å². The number of amides is 1. The maximum absolute atomic E-state index is 12.4. The van der Waals surface area contributed by atoms with Gasteiger partial charge in [-0.05, 0) is 43.5 Å². The van der Waals surface area contributed by atoms with Gasteiger partial charge in [-0.15, -0.1) is 0 Å². The molecule has 0 bridgehead atoms. The smallest absolute Gasteiger partial charge is 0.342 e. The summed E-state index contributed by atoms with van der Waals surface area (Å²) < 4.78 is 21.9. The standard InChI is InChI=1S/C22H27NO6/c1-13(2)21(16-6-7-18-19(11-16)27-9-5-8-26-18)23-20(24)12-28-22(25)17-10-14(3)29-15(17)4/h6-7,10-11,13,21H,5,8-9,12H2,1-4H3,(H,23,24)/t21-/m1/s1. The summed E-state index contributed by atoms with van der Waals surface area (Å²) in [6.07, 6.45) is 0.829. The molecule has 0 saturated carbocycles. The number of esters is 1. The lowest BCUT2D eigenvalue weighted by atomic mass is 9.95. The molecule has 29 heavy (non-hydrogen) atoms. The highest BCUT2D eigenvalue weighted by atomic mass is 16.5. The number of ether oxygens (including phenoxy) is 3. The quantitative estimate of drug-likeness (QED) is 0.742. The fourth-order valence-corrected chi connectivity index (χ4v) is 3.27. The van der Waals surface area contributed by atoms with Gasteiger partial charge >= 0.3 is 5.97 Å². The van der Waals surface area contributed by atoms with Gasteiger partial charge < -0.3 is 23.9 Å². The van der Waals surface area contributed by atoms with Gasteiger partial charge in [0.25, 0.3) is 5.91 Å². The molecule has 1 atom stereocenters. The normalized spacial score (nSPS) is 14.2. The van der Waals surface area contributed by atoms with E-state index in [1.807, 2.05) is 32.0 Å². The first kappa shape index (κ1) is 20.8. The van der Waals surface area contributed by atoms with Crippen LogP contribution in [0, 0.1) is 19.8 Å². The zero-order chi connectivity index (χ0) is 21.0. The van der Waals surface area contributed by atoms with Gasteiger partial charge in [-0.25, -0.2) is 4.79 Å². The van der Waals surface area contributed by atoms with Crippen LogP contribution in [0.25, 0.3) is 0 Å². The minimum absolute atomic E-state index is 0.123. The summed E-state index contributed by atoms with van der Waals surface area (Å²) in [6, 6.07) is 7.03. The number of carbonyl (C=O) groups excluding carboxylic acids is 2. The number of nitrogens with one attached hydrogen (secondary N) is 1. The highest BCUT2D eigenvalue weighted by Gasteiger charge is 2.22. The van der Waals surface area contributed by atoms with E-state index in [2.05, 4.69) is 5.32 Å². The van der Waals surface area contributed by atoms with Crippen molar-refractivity contribution in [1.82, 2.24) is 5.32 Å². The van der Waals surface area contributed by atoms with Crippen LogP contribution in [0.4, 0.5) is 0 Å². The van der Waals surface area contributed by atoms with Crippen LogP contribution in [0.1, 0.15) is 53.8 Å². The van der Waals surface area contributed by atoms with Gasteiger partial charge in [0.2, 0.25) is 0 Å². The molecule has 0 aliphatic carbocycles. The second-order valence-corrected chi connectivity index (χ2v) is 7.45. The lowest BCUT2D eigenvalue weighted by molar-refractivity contribution is -0.125. The predicted molar refractivity (Wildman–Crippen MR) is 106 cm³/mol. The van der Waals surface area contributed by atoms with Crippen molar-refractivity contribution in [3.8, 4) is 11.5 Å². The van der Waals surface area contributed by atoms with Gasteiger partial charge in [-0.1, -0.05) is 19.9 Å². The van der Waals surface area contributed by atoms with Crippen LogP contribution in [0.3, 0.4) is 0 Å². The monoisotopic (exact) mass is 401 g/mol. The Morgan fingerprint density at radius 3 is 2.48 bits per heavy atom. The van der Waals surface area contributed by atoms with Crippen molar-refractivity contribution in [2.24, 2.45) is 5.92 Å². The molecule has 2 heterocycles. The van der Waals surface area contributed by atoms with Crippen LogP contribution >= 0.6 is 0 Å². The molecule has 0 saturated heterocycles. The number of aryl methyl sites for hydroxylation is 2. The first-order valence-electron chi connectivity index (χ1n) is 9.78. The van der Waals surface area contributed by atoms with Crippen LogP contribution in [-0.2, 0) is 9.53 Å². The van der Waals surface area contributed by atoms with Crippen LogP contribution in [0.2, 0.25) is 0 Å². The molecule has 3 rings (SSSR count). The van der Waals surface area contributed by atoms with Gasteiger partial charge in [0.05, 0.1) is 19.3 Å². The van der Waals surface area contributed by atoms with Crippen LogP contribution in [0.5, 0.6) is 11.5 Å². The molecule has 0 radical (unpaired) electrons. The molecule has 2 aromatic rings. The molecular weight excluding hydrogens is 374 g/mol. The van der Waals surface area contributed by atoms with Gasteiger partial charge in [0.15, 0.2) is 18.1 Å². The molecule has 156 valence electrons. The third-order valence-electron chi connectivity index (χ3n) is 4.71. The lowest BCUT2D eigenvalue weighted by Gasteiger charge is -2.23. The van der Waals surface area contributed by atoms with E-state index in [-0.39, 0.29) is 24.5 Å². The van der Waals surface area contributed by atoms with E-state index in [9.17, 15) is 9.59 Å². The summed E-state index contributed by atoms with van der Waals surface area (Å²) in [5, 5.41) is 2.95. The van der Waals surface area contributed by atoms with E-state index in [1.54, 1.807) is 19.9 Å². The Morgan fingerprint density at radius 1 is 1.10 bits per heavy atom. The maximum atomic E-state index is 12.4. The molecular formula is C22H27NO6. The number of carbonyl (C=O) groups is 2. The Labute approximate surface area is 170 Å². The van der Waals surface area contributed by atoms with E-state index in [0.29, 0.717) is 41.8 Å². The zero-order valence-electron chi connectivity index (χ0n) is 17.2. The molecule has 0 spiro atoms. The molecule has 0 unspecified atom stereocenters. The van der Waals surface area contributed by atoms with E-state index in [1.165, 1.54) is 0 Å². The number of fused-ring (bicyclic) bond motifs is 1. The summed E-state index contributed by atoms with van der Waals surface area (Å²) in [5.74, 6) is 1.65. The average molecular weight is 401 g/mol. The summed E-state index contributed by atoms with van der Waals surface area (Å²) >= 11 is 0. The Bertz CT molecular complexity index is 885. The molecule has 7 nitrogen and oxygen atoms in total. The molecule has 1 N–H and O–H groups in total. The van der Waals surface area contributed by atoms with Crippen molar-refractivity contribution in [2.75, 3.05) is 19.8 Å². The van der Waals surface area contributed by atoms with Crippen molar-refractivity contribution < 1.29 is 28.2 Å². The summed E-state index contributed by atoms with van der Waals surface area (Å²) in [6.45, 7) is 8.31. The Hall–Kier alpha value is -2.96. The topological polar surface area (TPSA) is 87.0 Å². The highest BCUT2D eigenvalue weighted by molar-refractivity contribution is 5.92. The molecule has 1 aromatic heterocycles. The molecule has 1 aliphatic heterocycles. The molecule has 1 amide bonds. The van der Waals surface area contributed by atoms with Gasteiger partial charge in [-0.3, -0.25) is 4.79 Å². The second kappa shape index (κ2) is 9.03. The van der Waals surface area contributed by atoms with E-state index in [4.69, 9.17) is 18.6 Å². The first-order valence-corrected chi connectivity index (χ1v) is 9.78. The van der Waals surface area contributed by atoms with Crippen molar-refractivity contribution in [3.05, 3.63) is 46.9 Å². The fraction of sp³-hybridized carbons (Fsp3) is 0.455. The fourth-order valence-electron chi connectivity index (χ4n) is 3.27. The average Bonchev–Trinajstić information content (AvgIpc) is 2.88. The SMILES string of the molecule is Cc1cc(C(=O)OCC(=O)N[C@@H](c2ccc3c(c2)OCCCO3)C(C)C)c(C)o1. The molecule has 1 aromatic carbocycles. The lowest BCUT2D eigenvalue weighted by Crippen LogP contribution is -2.35. The Balaban J connectivity index is 1.64. The highest BCUT2D eigenvalue weighted by Crippen LogP contribution is 2.34. The number of furan rings is 1. The Morgan fingerprint density at radius 2 is 1.83 bits per heavy atom. The molecule has 0 fully saturated rings. The van der Waals surface area contributed by atoms with Crippen molar-refractivity contribution >= 4 is 11.9 Å². The minimum Gasteiger partial charge on any atom is -0.490 e. The third-order valence-corrected chi connectivity index (χ3v) is 4.71. The summed E-state index contributed by atoms with van der Waals surface area (Å²) in [5.41, 5.74) is 1.24. The minimum atomic E-state index is -0.578. The van der Waals surface area contributed by atoms with E-state index < -0.39 is 5.97 Å². The van der Waals surface area contributed by atoms with Gasteiger partial charge in [0.1, 0.15) is 17.1 Å². The first-order chi connectivity index (χ1) is 13.8.